The fraction of sp³-hybridized carbons (Fsp3) is 0.294. The van der Waals surface area contributed by atoms with Crippen molar-refractivity contribution in [1.82, 2.24) is 0 Å². The first kappa shape index (κ1) is 20.6. The standard InChI is InChI=1S/C17H18Cl2O6S/c1-23-13-4-6-16(24-2)17(8-13)26(21,22)10-12(20)9-25-15-5-3-11(18)7-14(15)19/h3-8,12,20H,9-10H2,1-2H3. The molecule has 142 valence electrons. The van der Waals surface area contributed by atoms with Crippen LogP contribution < -0.4 is 14.2 Å². The van der Waals surface area contributed by atoms with Gasteiger partial charge in [0.2, 0.25) is 0 Å². The first-order valence-electron chi connectivity index (χ1n) is 7.47. The summed E-state index contributed by atoms with van der Waals surface area (Å²) in [4.78, 5) is -0.0667. The highest BCUT2D eigenvalue weighted by Gasteiger charge is 2.25. The average Bonchev–Trinajstić information content (AvgIpc) is 2.60. The number of methoxy groups -OCH3 is 2. The van der Waals surface area contributed by atoms with Crippen LogP contribution in [0.15, 0.2) is 41.3 Å². The van der Waals surface area contributed by atoms with Gasteiger partial charge in [0.25, 0.3) is 0 Å². The largest absolute Gasteiger partial charge is 0.497 e. The molecule has 0 heterocycles. The van der Waals surface area contributed by atoms with Gasteiger partial charge in [0.15, 0.2) is 9.84 Å². The van der Waals surface area contributed by atoms with Crippen LogP contribution in [0.5, 0.6) is 17.2 Å². The molecule has 0 spiro atoms. The van der Waals surface area contributed by atoms with Crippen molar-refractivity contribution in [3.05, 3.63) is 46.4 Å². The van der Waals surface area contributed by atoms with Crippen molar-refractivity contribution >= 4 is 33.0 Å². The molecule has 0 amide bonds. The number of benzene rings is 2. The number of aliphatic hydroxyl groups excluding tert-OH is 1. The van der Waals surface area contributed by atoms with Gasteiger partial charge in [0.05, 0.1) is 25.0 Å². The summed E-state index contributed by atoms with van der Waals surface area (Å²) in [5.74, 6) is 0.274. The highest BCUT2D eigenvalue weighted by molar-refractivity contribution is 7.91. The summed E-state index contributed by atoms with van der Waals surface area (Å²) in [5.41, 5.74) is 0. The van der Waals surface area contributed by atoms with E-state index >= 15 is 0 Å². The summed E-state index contributed by atoms with van der Waals surface area (Å²) >= 11 is 11.8. The molecule has 0 saturated heterocycles. The van der Waals surface area contributed by atoms with Crippen LogP contribution in [0.1, 0.15) is 0 Å². The van der Waals surface area contributed by atoms with Gasteiger partial charge in [-0.1, -0.05) is 23.2 Å². The predicted molar refractivity (Wildman–Crippen MR) is 99.6 cm³/mol. The molecule has 0 fully saturated rings. The van der Waals surface area contributed by atoms with Crippen molar-refractivity contribution < 1.29 is 27.7 Å². The number of ether oxygens (including phenoxy) is 3. The molecule has 0 saturated carbocycles. The Labute approximate surface area is 162 Å². The topological polar surface area (TPSA) is 82.1 Å². The minimum atomic E-state index is -3.85. The molecule has 0 radical (unpaired) electrons. The number of hydrogen-bond donors (Lipinski definition) is 1. The van der Waals surface area contributed by atoms with Gasteiger partial charge < -0.3 is 19.3 Å². The van der Waals surface area contributed by atoms with E-state index in [1.165, 1.54) is 38.5 Å². The van der Waals surface area contributed by atoms with Crippen LogP contribution in [0.3, 0.4) is 0 Å². The lowest BCUT2D eigenvalue weighted by atomic mass is 10.3. The predicted octanol–water partition coefficient (Wildman–Crippen LogP) is 3.22. The second-order valence-corrected chi connectivity index (χ2v) is 8.18. The van der Waals surface area contributed by atoms with Crippen LogP contribution in [0.4, 0.5) is 0 Å². The smallest absolute Gasteiger partial charge is 0.184 e. The highest BCUT2D eigenvalue weighted by atomic mass is 35.5. The van der Waals surface area contributed by atoms with E-state index in [1.54, 1.807) is 12.1 Å². The molecule has 2 aromatic carbocycles. The summed E-state index contributed by atoms with van der Waals surface area (Å²) in [7, 11) is -1.05. The molecule has 1 atom stereocenters. The molecule has 2 rings (SSSR count). The van der Waals surface area contributed by atoms with Gasteiger partial charge in [0, 0.05) is 11.1 Å². The first-order valence-corrected chi connectivity index (χ1v) is 9.88. The Bertz CT molecular complexity index is 870. The lowest BCUT2D eigenvalue weighted by Crippen LogP contribution is -2.27. The van der Waals surface area contributed by atoms with Crippen molar-refractivity contribution in [2.24, 2.45) is 0 Å². The summed E-state index contributed by atoms with van der Waals surface area (Å²) < 4.78 is 40.8. The summed E-state index contributed by atoms with van der Waals surface area (Å²) in [6, 6.07) is 9.02. The van der Waals surface area contributed by atoms with Crippen LogP contribution in [-0.2, 0) is 9.84 Å². The highest BCUT2D eigenvalue weighted by Crippen LogP contribution is 2.30. The van der Waals surface area contributed by atoms with E-state index in [9.17, 15) is 13.5 Å². The quantitative estimate of drug-likeness (QED) is 0.705. The van der Waals surface area contributed by atoms with Crippen LogP contribution in [0.25, 0.3) is 0 Å². The molecule has 1 unspecified atom stereocenters. The van der Waals surface area contributed by atoms with Gasteiger partial charge in [-0.3, -0.25) is 0 Å². The van der Waals surface area contributed by atoms with Crippen molar-refractivity contribution in [2.45, 2.75) is 11.0 Å². The van der Waals surface area contributed by atoms with E-state index in [1.807, 2.05) is 0 Å². The van der Waals surface area contributed by atoms with Crippen LogP contribution in [0, 0.1) is 0 Å². The van der Waals surface area contributed by atoms with Crippen molar-refractivity contribution in [3.8, 4) is 17.2 Å². The Morgan fingerprint density at radius 1 is 1.04 bits per heavy atom. The third-order valence-electron chi connectivity index (χ3n) is 3.44. The first-order chi connectivity index (χ1) is 12.3. The van der Waals surface area contributed by atoms with E-state index in [-0.39, 0.29) is 22.3 Å². The molecule has 0 aromatic heterocycles. The Balaban J connectivity index is 2.11. The third-order valence-corrected chi connectivity index (χ3v) is 5.79. The number of aliphatic hydroxyl groups is 1. The summed E-state index contributed by atoms with van der Waals surface area (Å²) in [6.45, 7) is -0.257. The molecule has 1 N–H and O–H groups in total. The Morgan fingerprint density at radius 3 is 2.35 bits per heavy atom. The molecule has 0 bridgehead atoms. The van der Waals surface area contributed by atoms with Gasteiger partial charge >= 0.3 is 0 Å². The van der Waals surface area contributed by atoms with Crippen LogP contribution >= 0.6 is 23.2 Å². The van der Waals surface area contributed by atoms with E-state index < -0.39 is 21.7 Å². The van der Waals surface area contributed by atoms with Crippen molar-refractivity contribution in [2.75, 3.05) is 26.6 Å². The summed E-state index contributed by atoms with van der Waals surface area (Å²) in [6.07, 6.45) is -1.28. The van der Waals surface area contributed by atoms with Crippen molar-refractivity contribution in [1.29, 1.82) is 0 Å². The molecular weight excluding hydrogens is 403 g/mol. The number of hydrogen-bond acceptors (Lipinski definition) is 6. The SMILES string of the molecule is COc1ccc(OC)c(S(=O)(=O)CC(O)COc2ccc(Cl)cc2Cl)c1. The maximum absolute atomic E-state index is 12.6. The lowest BCUT2D eigenvalue weighted by Gasteiger charge is -2.15. The Hall–Kier alpha value is -1.67. The molecule has 0 aliphatic carbocycles. The van der Waals surface area contributed by atoms with E-state index in [2.05, 4.69) is 0 Å². The Morgan fingerprint density at radius 2 is 1.73 bits per heavy atom. The molecule has 2 aromatic rings. The van der Waals surface area contributed by atoms with Crippen molar-refractivity contribution in [3.63, 3.8) is 0 Å². The zero-order valence-corrected chi connectivity index (χ0v) is 16.4. The molecule has 9 heteroatoms. The maximum Gasteiger partial charge on any atom is 0.184 e. The minimum Gasteiger partial charge on any atom is -0.497 e. The van der Waals surface area contributed by atoms with Gasteiger partial charge in [-0.05, 0) is 30.3 Å². The zero-order valence-electron chi connectivity index (χ0n) is 14.1. The van der Waals surface area contributed by atoms with Crippen LogP contribution in [0.2, 0.25) is 10.0 Å². The zero-order chi connectivity index (χ0) is 19.3. The van der Waals surface area contributed by atoms with E-state index in [0.29, 0.717) is 16.5 Å². The number of rotatable bonds is 8. The average molecular weight is 421 g/mol. The second-order valence-electron chi connectivity index (χ2n) is 5.34. The molecule has 6 nitrogen and oxygen atoms in total. The molecule has 0 aliphatic rings. The molecular formula is C17H18Cl2O6S. The lowest BCUT2D eigenvalue weighted by molar-refractivity contribution is 0.125. The monoisotopic (exact) mass is 420 g/mol. The fourth-order valence-electron chi connectivity index (χ4n) is 2.20. The van der Waals surface area contributed by atoms with Gasteiger partial charge in [-0.2, -0.15) is 0 Å². The van der Waals surface area contributed by atoms with Gasteiger partial charge in [-0.25, -0.2) is 8.42 Å². The van der Waals surface area contributed by atoms with Gasteiger partial charge in [-0.15, -0.1) is 0 Å². The van der Waals surface area contributed by atoms with Crippen LogP contribution in [-0.4, -0.2) is 46.2 Å². The second kappa shape index (κ2) is 8.81. The normalized spacial score (nSPS) is 12.5. The Kier molecular flexibility index (Phi) is 7.00. The van der Waals surface area contributed by atoms with E-state index in [4.69, 9.17) is 37.4 Å². The third kappa shape index (κ3) is 5.17. The fourth-order valence-corrected chi connectivity index (χ4v) is 4.20. The van der Waals surface area contributed by atoms with E-state index in [0.717, 1.165) is 0 Å². The molecule has 26 heavy (non-hydrogen) atoms. The summed E-state index contributed by atoms with van der Waals surface area (Å²) in [5, 5.41) is 10.8. The minimum absolute atomic E-state index is 0.0667. The van der Waals surface area contributed by atoms with Gasteiger partial charge in [0.1, 0.15) is 34.9 Å². The number of halogens is 2. The number of sulfone groups is 1. The molecule has 0 aliphatic heterocycles. The maximum atomic E-state index is 12.6.